The molecule has 0 aromatic heterocycles. The second kappa shape index (κ2) is 14.2. The lowest BCUT2D eigenvalue weighted by molar-refractivity contribution is 0.275. The van der Waals surface area contributed by atoms with Gasteiger partial charge >= 0.3 is 15.2 Å². The van der Waals surface area contributed by atoms with Crippen LogP contribution in [0, 0.1) is 0 Å². The molecule has 24 heavy (non-hydrogen) atoms. The van der Waals surface area contributed by atoms with E-state index in [1.54, 1.807) is 0 Å². The summed E-state index contributed by atoms with van der Waals surface area (Å²) in [6.45, 7) is 0. The first-order valence-electron chi connectivity index (χ1n) is 8.54. The first kappa shape index (κ1) is 24.0. The minimum Gasteiger partial charge on any atom is -0.312 e. The molecule has 0 saturated heterocycles. The third-order valence-corrected chi connectivity index (χ3v) is 7.48. The van der Waals surface area contributed by atoms with Crippen molar-refractivity contribution < 1.29 is 27.2 Å². The molecular formula is C16H34O6P2. The Morgan fingerprint density at radius 1 is 0.667 bits per heavy atom. The molecule has 0 aliphatic heterocycles. The number of hydrogen-bond donors (Lipinski definition) is 0. The predicted octanol–water partition coefficient (Wildman–Crippen LogP) is 5.98. The Balaban J connectivity index is 3.48. The molecule has 6 nitrogen and oxygen atoms in total. The Morgan fingerprint density at radius 2 is 1.12 bits per heavy atom. The van der Waals surface area contributed by atoms with Crippen molar-refractivity contribution in [2.75, 3.05) is 34.6 Å². The smallest absolute Gasteiger partial charge is 0.312 e. The molecular weight excluding hydrogens is 350 g/mol. The van der Waals surface area contributed by atoms with Crippen LogP contribution in [-0.2, 0) is 27.2 Å². The summed E-state index contributed by atoms with van der Waals surface area (Å²) < 4.78 is 43.0. The fourth-order valence-corrected chi connectivity index (χ4v) is 4.21. The average Bonchev–Trinajstić information content (AvgIpc) is 2.62. The van der Waals surface area contributed by atoms with Crippen molar-refractivity contribution in [1.29, 1.82) is 0 Å². The van der Waals surface area contributed by atoms with Crippen LogP contribution in [0.2, 0.25) is 0 Å². The summed E-state index contributed by atoms with van der Waals surface area (Å²) in [4.78, 5) is 0. The van der Waals surface area contributed by atoms with Crippen LogP contribution in [0.3, 0.4) is 0 Å². The Kier molecular flexibility index (Phi) is 14.3. The molecule has 0 unspecified atom stereocenters. The average molecular weight is 384 g/mol. The van der Waals surface area contributed by atoms with Gasteiger partial charge < -0.3 is 18.1 Å². The van der Waals surface area contributed by atoms with Gasteiger partial charge in [-0.15, -0.1) is 0 Å². The number of rotatable bonds is 16. The Hall–Kier alpha value is 0.0400. The van der Waals surface area contributed by atoms with Crippen molar-refractivity contribution >= 4 is 15.2 Å². The molecule has 0 aromatic rings. The summed E-state index contributed by atoms with van der Waals surface area (Å²) in [5.74, 6) is 1.53. The van der Waals surface area contributed by atoms with Crippen LogP contribution in [0.4, 0.5) is 0 Å². The maximum atomic E-state index is 11.8. The molecule has 0 radical (unpaired) electrons. The maximum Gasteiger partial charge on any atom is 0.353 e. The standard InChI is InChI=1S/C16H34O6P2/c1-19-23(17,20-2)15-13-11-9-7-5-6-8-10-12-14-16-24(18,21-3)22-4/h13,15H,5-12,14,16H2,1-4H3. The topological polar surface area (TPSA) is 71.1 Å². The largest absolute Gasteiger partial charge is 0.353 e. The van der Waals surface area contributed by atoms with E-state index in [1.165, 1.54) is 53.5 Å². The highest BCUT2D eigenvalue weighted by Gasteiger charge is 2.19. The van der Waals surface area contributed by atoms with Gasteiger partial charge in [0.1, 0.15) is 0 Å². The summed E-state index contributed by atoms with van der Waals surface area (Å²) in [6.07, 6.45) is 12.2. The van der Waals surface area contributed by atoms with Crippen LogP contribution in [0.15, 0.2) is 11.9 Å². The molecule has 8 heteroatoms. The summed E-state index contributed by atoms with van der Waals surface area (Å²) in [5, 5.41) is 0. The van der Waals surface area contributed by atoms with Crippen LogP contribution in [-0.4, -0.2) is 34.6 Å². The third-order valence-electron chi connectivity index (χ3n) is 3.91. The number of unbranched alkanes of at least 4 members (excludes halogenated alkanes) is 8. The van der Waals surface area contributed by atoms with Gasteiger partial charge in [-0.25, -0.2) is 0 Å². The monoisotopic (exact) mass is 384 g/mol. The van der Waals surface area contributed by atoms with E-state index >= 15 is 0 Å². The molecule has 0 rings (SSSR count). The molecule has 0 heterocycles. The summed E-state index contributed by atoms with van der Waals surface area (Å²) in [5.41, 5.74) is 0. The van der Waals surface area contributed by atoms with Crippen LogP contribution in [0.25, 0.3) is 0 Å². The lowest BCUT2D eigenvalue weighted by atomic mass is 10.1. The van der Waals surface area contributed by atoms with E-state index in [2.05, 4.69) is 0 Å². The second-order valence-corrected chi connectivity index (χ2v) is 10.1. The van der Waals surface area contributed by atoms with Gasteiger partial charge in [-0.05, 0) is 19.3 Å². The van der Waals surface area contributed by atoms with Crippen LogP contribution in [0.5, 0.6) is 0 Å². The van der Waals surface area contributed by atoms with Crippen LogP contribution in [0.1, 0.15) is 57.8 Å². The minimum absolute atomic E-state index is 0.499. The first-order valence-corrected chi connectivity index (χ1v) is 11.9. The summed E-state index contributed by atoms with van der Waals surface area (Å²) in [7, 11) is -0.173. The van der Waals surface area contributed by atoms with Gasteiger partial charge in [-0.1, -0.05) is 44.6 Å². The van der Waals surface area contributed by atoms with E-state index in [-0.39, 0.29) is 0 Å². The molecule has 0 atom stereocenters. The van der Waals surface area contributed by atoms with Crippen molar-refractivity contribution in [3.05, 3.63) is 11.9 Å². The van der Waals surface area contributed by atoms with E-state index in [0.717, 1.165) is 38.5 Å². The normalized spacial score (nSPS) is 13.0. The highest BCUT2D eigenvalue weighted by Crippen LogP contribution is 2.48. The van der Waals surface area contributed by atoms with Crippen LogP contribution < -0.4 is 0 Å². The molecule has 0 N–H and O–H groups in total. The van der Waals surface area contributed by atoms with E-state index in [0.29, 0.717) is 6.16 Å². The summed E-state index contributed by atoms with van der Waals surface area (Å²) in [6, 6.07) is 0. The fraction of sp³-hybridized carbons (Fsp3) is 0.875. The zero-order valence-corrected chi connectivity index (χ0v) is 17.4. The van der Waals surface area contributed by atoms with Crippen molar-refractivity contribution in [1.82, 2.24) is 0 Å². The zero-order valence-electron chi connectivity index (χ0n) is 15.6. The molecule has 0 aromatic carbocycles. The lowest BCUT2D eigenvalue weighted by Crippen LogP contribution is -1.94. The van der Waals surface area contributed by atoms with Gasteiger partial charge in [0.2, 0.25) is 0 Å². The van der Waals surface area contributed by atoms with Gasteiger partial charge in [0.25, 0.3) is 0 Å². The molecule has 0 spiro atoms. The lowest BCUT2D eigenvalue weighted by Gasteiger charge is -2.12. The zero-order chi connectivity index (χ0) is 18.3. The van der Waals surface area contributed by atoms with Gasteiger partial charge in [0, 0.05) is 34.3 Å². The Morgan fingerprint density at radius 3 is 1.58 bits per heavy atom. The molecule has 0 aliphatic rings. The third kappa shape index (κ3) is 11.6. The number of hydrogen-bond acceptors (Lipinski definition) is 6. The van der Waals surface area contributed by atoms with Crippen molar-refractivity contribution in [3.8, 4) is 0 Å². The van der Waals surface area contributed by atoms with Crippen LogP contribution >= 0.6 is 15.2 Å². The minimum atomic E-state index is -2.99. The molecule has 0 aliphatic carbocycles. The fourth-order valence-electron chi connectivity index (χ4n) is 2.29. The SMILES string of the molecule is COP(=O)(C=CCCCCCCCCCCP(=O)(OC)OC)OC. The van der Waals surface area contributed by atoms with Gasteiger partial charge in [0.05, 0.1) is 6.16 Å². The van der Waals surface area contributed by atoms with Crippen molar-refractivity contribution in [2.24, 2.45) is 0 Å². The quantitative estimate of drug-likeness (QED) is 0.241. The van der Waals surface area contributed by atoms with Gasteiger partial charge in [0.15, 0.2) is 0 Å². The predicted molar refractivity (Wildman–Crippen MR) is 98.8 cm³/mol. The second-order valence-electron chi connectivity index (χ2n) is 5.61. The van der Waals surface area contributed by atoms with E-state index in [9.17, 15) is 9.13 Å². The Bertz CT molecular complexity index is 409. The maximum absolute atomic E-state index is 11.8. The van der Waals surface area contributed by atoms with E-state index in [4.69, 9.17) is 18.1 Å². The van der Waals surface area contributed by atoms with Gasteiger partial charge in [-0.3, -0.25) is 9.13 Å². The van der Waals surface area contributed by atoms with Crippen molar-refractivity contribution in [3.63, 3.8) is 0 Å². The van der Waals surface area contributed by atoms with E-state index in [1.807, 2.05) is 6.08 Å². The highest BCUT2D eigenvalue weighted by molar-refractivity contribution is 7.57. The first-order chi connectivity index (χ1) is 11.4. The molecule has 144 valence electrons. The van der Waals surface area contributed by atoms with Gasteiger partial charge in [-0.2, -0.15) is 0 Å². The molecule has 0 saturated carbocycles. The Labute approximate surface area is 147 Å². The molecule has 0 fully saturated rings. The molecule has 0 amide bonds. The number of allylic oxidation sites excluding steroid dienone is 1. The highest BCUT2D eigenvalue weighted by atomic mass is 31.2. The van der Waals surface area contributed by atoms with E-state index < -0.39 is 15.2 Å². The van der Waals surface area contributed by atoms with Crippen molar-refractivity contribution in [2.45, 2.75) is 57.8 Å². The summed E-state index contributed by atoms with van der Waals surface area (Å²) >= 11 is 0. The molecule has 0 bridgehead atoms.